The first-order valence-corrected chi connectivity index (χ1v) is 8.23. The van der Waals surface area contributed by atoms with E-state index in [0.29, 0.717) is 6.54 Å². The molecule has 7 heteroatoms. The van der Waals surface area contributed by atoms with Crippen molar-refractivity contribution in [1.29, 1.82) is 0 Å². The molecule has 3 atom stereocenters. The summed E-state index contributed by atoms with van der Waals surface area (Å²) in [6, 6.07) is 3.69. The molecule has 0 radical (unpaired) electrons. The summed E-state index contributed by atoms with van der Waals surface area (Å²) in [7, 11) is 1.31. The van der Waals surface area contributed by atoms with Crippen LogP contribution in [0.4, 0.5) is 4.79 Å². The quantitative estimate of drug-likeness (QED) is 0.829. The number of nitrogens with one attached hydrogen (secondary N) is 1. The Balaban J connectivity index is 1.82. The van der Waals surface area contributed by atoms with Gasteiger partial charge in [-0.15, -0.1) is 0 Å². The van der Waals surface area contributed by atoms with E-state index in [1.54, 1.807) is 4.90 Å². The summed E-state index contributed by atoms with van der Waals surface area (Å²) >= 11 is 0. The third-order valence-electron chi connectivity index (χ3n) is 4.00. The number of carbonyl (C=O) groups is 2. The first-order valence-electron chi connectivity index (χ1n) is 8.23. The molecule has 1 aliphatic heterocycles. The Hall–Kier alpha value is -2.02. The molecule has 0 bridgehead atoms. The molecule has 1 aliphatic rings. The monoisotopic (exact) mass is 338 g/mol. The highest BCUT2D eigenvalue weighted by atomic mass is 16.6. The lowest BCUT2D eigenvalue weighted by atomic mass is 10.1. The van der Waals surface area contributed by atoms with Gasteiger partial charge < -0.3 is 24.1 Å². The van der Waals surface area contributed by atoms with Crippen molar-refractivity contribution in [3.8, 4) is 0 Å². The minimum absolute atomic E-state index is 0.00219. The number of hydrogen-bond donors (Lipinski definition) is 1. The number of ether oxygens (including phenoxy) is 2. The van der Waals surface area contributed by atoms with Crippen molar-refractivity contribution in [2.24, 2.45) is 0 Å². The van der Waals surface area contributed by atoms with E-state index in [4.69, 9.17) is 13.9 Å². The van der Waals surface area contributed by atoms with E-state index in [1.807, 2.05) is 32.9 Å². The molecular weight excluding hydrogens is 312 g/mol. The van der Waals surface area contributed by atoms with Crippen molar-refractivity contribution in [3.63, 3.8) is 0 Å². The predicted molar refractivity (Wildman–Crippen MR) is 87.7 cm³/mol. The molecule has 1 fully saturated rings. The predicted octanol–water partition coefficient (Wildman–Crippen LogP) is 1.88. The maximum Gasteiger partial charge on any atom is 0.336 e. The Bertz CT molecular complexity index is 571. The zero-order valence-electron chi connectivity index (χ0n) is 14.7. The molecule has 2 amide bonds. The van der Waals surface area contributed by atoms with Crippen LogP contribution in [-0.4, -0.2) is 55.3 Å². The third-order valence-corrected chi connectivity index (χ3v) is 4.00. The van der Waals surface area contributed by atoms with Crippen LogP contribution in [0.1, 0.15) is 31.8 Å². The third kappa shape index (κ3) is 4.99. The number of furan rings is 1. The molecular formula is C17H26N2O5. The number of rotatable bonds is 5. The van der Waals surface area contributed by atoms with Crippen molar-refractivity contribution in [2.45, 2.75) is 51.9 Å². The van der Waals surface area contributed by atoms with Gasteiger partial charge >= 0.3 is 12.0 Å². The molecule has 2 rings (SSSR count). The smallest absolute Gasteiger partial charge is 0.336 e. The number of aryl methyl sites for hydroxylation is 2. The van der Waals surface area contributed by atoms with Crippen LogP contribution >= 0.6 is 0 Å². The highest BCUT2D eigenvalue weighted by Crippen LogP contribution is 2.14. The topological polar surface area (TPSA) is 81.0 Å². The maximum atomic E-state index is 12.4. The summed E-state index contributed by atoms with van der Waals surface area (Å²) < 4.78 is 15.8. The van der Waals surface area contributed by atoms with Gasteiger partial charge in [0.05, 0.1) is 19.8 Å². The number of hydrogen-bond acceptors (Lipinski definition) is 5. The minimum atomic E-state index is -0.731. The largest absolute Gasteiger partial charge is 0.467 e. The molecule has 0 aromatic carbocycles. The van der Waals surface area contributed by atoms with Gasteiger partial charge in [-0.3, -0.25) is 0 Å². The second-order valence-electron chi connectivity index (χ2n) is 6.27. The summed E-state index contributed by atoms with van der Waals surface area (Å²) in [6.45, 7) is 6.34. The molecule has 1 unspecified atom stereocenters. The minimum Gasteiger partial charge on any atom is -0.467 e. The lowest BCUT2D eigenvalue weighted by molar-refractivity contribution is -0.164. The Morgan fingerprint density at radius 3 is 2.79 bits per heavy atom. The van der Waals surface area contributed by atoms with Gasteiger partial charge in [-0.1, -0.05) is 0 Å². The number of carbonyl (C=O) groups excluding carboxylic acids is 2. The van der Waals surface area contributed by atoms with Gasteiger partial charge in [0.2, 0.25) is 0 Å². The van der Waals surface area contributed by atoms with Crippen LogP contribution in [0, 0.1) is 6.92 Å². The fourth-order valence-electron chi connectivity index (χ4n) is 2.73. The lowest BCUT2D eigenvalue weighted by Crippen LogP contribution is -2.55. The normalized spacial score (nSPS) is 22.1. The van der Waals surface area contributed by atoms with Crippen molar-refractivity contribution >= 4 is 12.0 Å². The molecule has 2 heterocycles. The van der Waals surface area contributed by atoms with Crippen LogP contribution in [-0.2, 0) is 20.7 Å². The zero-order valence-corrected chi connectivity index (χ0v) is 14.7. The van der Waals surface area contributed by atoms with E-state index in [0.717, 1.165) is 24.4 Å². The van der Waals surface area contributed by atoms with E-state index >= 15 is 0 Å². The highest BCUT2D eigenvalue weighted by Gasteiger charge is 2.33. The van der Waals surface area contributed by atoms with Crippen molar-refractivity contribution in [3.05, 3.63) is 23.7 Å². The van der Waals surface area contributed by atoms with Gasteiger partial charge in [0, 0.05) is 19.0 Å². The van der Waals surface area contributed by atoms with Crippen molar-refractivity contribution < 1.29 is 23.5 Å². The molecule has 1 aromatic rings. The first-order chi connectivity index (χ1) is 11.4. The summed E-state index contributed by atoms with van der Waals surface area (Å²) in [5.41, 5.74) is 0. The second kappa shape index (κ2) is 8.19. The fourth-order valence-corrected chi connectivity index (χ4v) is 2.73. The van der Waals surface area contributed by atoms with E-state index in [-0.39, 0.29) is 24.7 Å². The summed E-state index contributed by atoms with van der Waals surface area (Å²) in [4.78, 5) is 25.7. The Morgan fingerprint density at radius 1 is 1.42 bits per heavy atom. The van der Waals surface area contributed by atoms with Gasteiger partial charge in [0.25, 0.3) is 0 Å². The Morgan fingerprint density at radius 2 is 2.17 bits per heavy atom. The van der Waals surface area contributed by atoms with Crippen LogP contribution in [0.25, 0.3) is 0 Å². The summed E-state index contributed by atoms with van der Waals surface area (Å²) in [6.07, 6.45) is 0.597. The molecule has 0 aliphatic carbocycles. The second-order valence-corrected chi connectivity index (χ2v) is 6.27. The SMILES string of the molecule is COC(=O)[C@H]1CN(C(=O)NC(C)CCc2ccc(C)o2)C[C@@H](C)O1. The zero-order chi connectivity index (χ0) is 17.7. The van der Waals surface area contributed by atoms with Gasteiger partial charge in [-0.25, -0.2) is 9.59 Å². The standard InChI is InChI=1S/C17H26N2O5/c1-11(5-7-14-8-6-12(2)23-14)18-17(21)19-9-13(3)24-15(10-19)16(20)22-4/h6,8,11,13,15H,5,7,9-10H2,1-4H3,(H,18,21)/t11?,13-,15-/m1/s1. The van der Waals surface area contributed by atoms with Crippen molar-refractivity contribution in [1.82, 2.24) is 10.2 Å². The van der Waals surface area contributed by atoms with Gasteiger partial charge in [0.15, 0.2) is 6.10 Å². The maximum absolute atomic E-state index is 12.4. The van der Waals surface area contributed by atoms with Crippen LogP contribution in [0.2, 0.25) is 0 Å². The fraction of sp³-hybridized carbons (Fsp3) is 0.647. The van der Waals surface area contributed by atoms with E-state index in [9.17, 15) is 9.59 Å². The summed E-state index contributed by atoms with van der Waals surface area (Å²) in [5, 5.41) is 2.96. The molecule has 1 aromatic heterocycles. The van der Waals surface area contributed by atoms with Crippen LogP contribution in [0.3, 0.4) is 0 Å². The summed E-state index contributed by atoms with van der Waals surface area (Å²) in [5.74, 6) is 1.35. The van der Waals surface area contributed by atoms with Gasteiger partial charge in [-0.2, -0.15) is 0 Å². The van der Waals surface area contributed by atoms with Gasteiger partial charge in [0.1, 0.15) is 11.5 Å². The average Bonchev–Trinajstić information content (AvgIpc) is 2.97. The van der Waals surface area contributed by atoms with E-state index in [2.05, 4.69) is 5.32 Å². The van der Waals surface area contributed by atoms with E-state index < -0.39 is 12.1 Å². The molecule has 7 nitrogen and oxygen atoms in total. The number of esters is 1. The Labute approximate surface area is 142 Å². The van der Waals surface area contributed by atoms with Crippen LogP contribution in [0.15, 0.2) is 16.5 Å². The lowest BCUT2D eigenvalue weighted by Gasteiger charge is -2.36. The highest BCUT2D eigenvalue weighted by molar-refractivity contribution is 5.78. The number of methoxy groups -OCH3 is 1. The van der Waals surface area contributed by atoms with Crippen LogP contribution < -0.4 is 5.32 Å². The molecule has 0 saturated carbocycles. The average molecular weight is 338 g/mol. The number of nitrogens with zero attached hydrogens (tertiary/aromatic N) is 1. The van der Waals surface area contributed by atoms with E-state index in [1.165, 1.54) is 7.11 Å². The first kappa shape index (κ1) is 18.3. The number of morpholine rings is 1. The number of amides is 2. The van der Waals surface area contributed by atoms with Gasteiger partial charge in [-0.05, 0) is 39.3 Å². The van der Waals surface area contributed by atoms with Crippen LogP contribution in [0.5, 0.6) is 0 Å². The Kier molecular flexibility index (Phi) is 6.25. The molecule has 1 N–H and O–H groups in total. The molecule has 1 saturated heterocycles. The molecule has 24 heavy (non-hydrogen) atoms. The molecule has 0 spiro atoms. The number of urea groups is 1. The molecule has 134 valence electrons. The van der Waals surface area contributed by atoms with Crippen molar-refractivity contribution in [2.75, 3.05) is 20.2 Å².